The molecule has 1 aliphatic heterocycles. The van der Waals surface area contributed by atoms with Crippen LogP contribution in [0.1, 0.15) is 35.7 Å². The van der Waals surface area contributed by atoms with Crippen LogP contribution in [0.5, 0.6) is 0 Å². The van der Waals surface area contributed by atoms with Crippen molar-refractivity contribution >= 4 is 22.6 Å². The van der Waals surface area contributed by atoms with Gasteiger partial charge in [0.05, 0.1) is 17.3 Å². The first kappa shape index (κ1) is 15.8. The van der Waals surface area contributed by atoms with Crippen molar-refractivity contribution in [2.75, 3.05) is 24.7 Å². The molecule has 0 radical (unpaired) electrons. The Morgan fingerprint density at radius 3 is 2.78 bits per heavy atom. The summed E-state index contributed by atoms with van der Waals surface area (Å²) >= 11 is 0. The maximum absolute atomic E-state index is 11.7. The van der Waals surface area contributed by atoms with Crippen LogP contribution in [0.25, 0.3) is 10.9 Å². The Labute approximate surface area is 135 Å². The summed E-state index contributed by atoms with van der Waals surface area (Å²) in [5, 5.41) is 14.9. The van der Waals surface area contributed by atoms with Gasteiger partial charge in [0.15, 0.2) is 0 Å². The molecule has 6 heteroatoms. The van der Waals surface area contributed by atoms with Crippen molar-refractivity contribution in [3.63, 3.8) is 0 Å². The van der Waals surface area contributed by atoms with E-state index < -0.39 is 5.97 Å². The fraction of sp³-hybridized carbons (Fsp3) is 0.529. The molecule has 0 amide bonds. The van der Waals surface area contributed by atoms with Crippen molar-refractivity contribution in [2.24, 2.45) is 7.05 Å². The largest absolute Gasteiger partial charge is 0.478 e. The second-order valence-corrected chi connectivity index (χ2v) is 6.03. The Balaban J connectivity index is 2.18. The summed E-state index contributed by atoms with van der Waals surface area (Å²) in [6.07, 6.45) is 3.77. The second-order valence-electron chi connectivity index (χ2n) is 6.03. The number of hydrogen-bond acceptors (Lipinski definition) is 4. The molecule has 0 spiro atoms. The summed E-state index contributed by atoms with van der Waals surface area (Å²) in [7, 11) is 1.86. The fourth-order valence-corrected chi connectivity index (χ4v) is 3.60. The molecular formula is C17H23N3O3. The molecule has 124 valence electrons. The number of aromatic nitrogens is 2. The van der Waals surface area contributed by atoms with Crippen molar-refractivity contribution < 1.29 is 14.6 Å². The van der Waals surface area contributed by atoms with E-state index in [2.05, 4.69) is 16.9 Å². The first-order valence-electron chi connectivity index (χ1n) is 8.07. The van der Waals surface area contributed by atoms with Gasteiger partial charge in [-0.15, -0.1) is 0 Å². The predicted octanol–water partition coefficient (Wildman–Crippen LogP) is 2.59. The predicted molar refractivity (Wildman–Crippen MR) is 89.3 cm³/mol. The zero-order valence-corrected chi connectivity index (χ0v) is 13.9. The van der Waals surface area contributed by atoms with Crippen LogP contribution >= 0.6 is 0 Å². The zero-order valence-electron chi connectivity index (χ0n) is 13.9. The van der Waals surface area contributed by atoms with Gasteiger partial charge in [0.2, 0.25) is 0 Å². The van der Waals surface area contributed by atoms with Crippen LogP contribution in [0.3, 0.4) is 0 Å². The van der Waals surface area contributed by atoms with Crippen LogP contribution in [0.15, 0.2) is 12.3 Å². The number of hydrogen-bond donors (Lipinski definition) is 1. The van der Waals surface area contributed by atoms with Crippen LogP contribution < -0.4 is 4.90 Å². The number of carboxylic acid groups (broad SMARTS) is 1. The van der Waals surface area contributed by atoms with Gasteiger partial charge in [-0.3, -0.25) is 4.68 Å². The molecule has 0 bridgehead atoms. The summed E-state index contributed by atoms with van der Waals surface area (Å²) in [5.41, 5.74) is 2.97. The van der Waals surface area contributed by atoms with Crippen LogP contribution in [0, 0.1) is 6.92 Å². The Kier molecular flexibility index (Phi) is 4.26. The quantitative estimate of drug-likeness (QED) is 0.939. The zero-order chi connectivity index (χ0) is 16.6. The fourth-order valence-electron chi connectivity index (χ4n) is 3.60. The average molecular weight is 317 g/mol. The Morgan fingerprint density at radius 1 is 1.48 bits per heavy atom. The average Bonchev–Trinajstić information content (AvgIpc) is 2.93. The van der Waals surface area contributed by atoms with Gasteiger partial charge < -0.3 is 14.7 Å². The highest BCUT2D eigenvalue weighted by molar-refractivity contribution is 6.02. The van der Waals surface area contributed by atoms with Gasteiger partial charge >= 0.3 is 5.97 Å². The number of benzene rings is 1. The summed E-state index contributed by atoms with van der Waals surface area (Å²) in [4.78, 5) is 14.0. The van der Waals surface area contributed by atoms with Crippen LogP contribution in [0.2, 0.25) is 0 Å². The van der Waals surface area contributed by atoms with Gasteiger partial charge in [-0.25, -0.2) is 4.79 Å². The van der Waals surface area contributed by atoms with Crippen LogP contribution in [-0.4, -0.2) is 46.7 Å². The second kappa shape index (κ2) is 6.20. The molecule has 0 aliphatic carbocycles. The number of aromatic carboxylic acids is 1. The molecule has 3 rings (SSSR count). The summed E-state index contributed by atoms with van der Waals surface area (Å²) in [6.45, 7) is 6.31. The number of ether oxygens (including phenoxy) is 1. The van der Waals surface area contributed by atoms with Gasteiger partial charge in [0, 0.05) is 43.9 Å². The van der Waals surface area contributed by atoms with E-state index in [1.807, 2.05) is 20.2 Å². The third kappa shape index (κ3) is 2.67. The standard InChI is InChI=1S/C17H23N3O3/c1-4-20(12-5-7-23-8-6-12)15-9-13(17(21)22)11(2)16-14(15)10-18-19(16)3/h9-10,12H,4-8H2,1-3H3,(H,21,22). The minimum Gasteiger partial charge on any atom is -0.478 e. The van der Waals surface area contributed by atoms with Gasteiger partial charge in [-0.1, -0.05) is 0 Å². The molecular weight excluding hydrogens is 294 g/mol. The van der Waals surface area contributed by atoms with E-state index >= 15 is 0 Å². The summed E-state index contributed by atoms with van der Waals surface area (Å²) in [5.74, 6) is -0.894. The van der Waals surface area contributed by atoms with Gasteiger partial charge in [0.25, 0.3) is 0 Å². The van der Waals surface area contributed by atoms with E-state index in [0.29, 0.717) is 11.6 Å². The van der Waals surface area contributed by atoms with E-state index in [0.717, 1.165) is 54.8 Å². The lowest BCUT2D eigenvalue weighted by Crippen LogP contribution is -2.39. The Bertz CT molecular complexity index is 732. The van der Waals surface area contributed by atoms with Crippen molar-refractivity contribution in [3.05, 3.63) is 23.4 Å². The normalized spacial score (nSPS) is 16.0. The maximum Gasteiger partial charge on any atom is 0.336 e. The third-order valence-electron chi connectivity index (χ3n) is 4.77. The Morgan fingerprint density at radius 2 is 2.17 bits per heavy atom. The number of fused-ring (bicyclic) bond motifs is 1. The number of aryl methyl sites for hydroxylation is 2. The molecule has 1 N–H and O–H groups in total. The smallest absolute Gasteiger partial charge is 0.336 e. The van der Waals surface area contributed by atoms with Crippen LogP contribution in [-0.2, 0) is 11.8 Å². The van der Waals surface area contributed by atoms with Gasteiger partial charge in [-0.2, -0.15) is 5.10 Å². The van der Waals surface area contributed by atoms with Gasteiger partial charge in [0.1, 0.15) is 0 Å². The summed E-state index contributed by atoms with van der Waals surface area (Å²) < 4.78 is 7.23. The molecule has 2 aromatic rings. The lowest BCUT2D eigenvalue weighted by molar-refractivity contribution is 0.0696. The van der Waals surface area contributed by atoms with Crippen molar-refractivity contribution in [1.82, 2.24) is 9.78 Å². The number of nitrogens with zero attached hydrogens (tertiary/aromatic N) is 3. The lowest BCUT2D eigenvalue weighted by atomic mass is 10.00. The van der Waals surface area contributed by atoms with E-state index in [1.165, 1.54) is 0 Å². The molecule has 0 unspecified atom stereocenters. The van der Waals surface area contributed by atoms with Crippen molar-refractivity contribution in [3.8, 4) is 0 Å². The Hall–Kier alpha value is -2.08. The lowest BCUT2D eigenvalue weighted by Gasteiger charge is -2.36. The third-order valence-corrected chi connectivity index (χ3v) is 4.77. The highest BCUT2D eigenvalue weighted by Crippen LogP contribution is 2.34. The number of carbonyl (C=O) groups is 1. The van der Waals surface area contributed by atoms with E-state index in [4.69, 9.17) is 4.74 Å². The highest BCUT2D eigenvalue weighted by Gasteiger charge is 2.25. The number of carboxylic acids is 1. The topological polar surface area (TPSA) is 67.6 Å². The number of anilines is 1. The SMILES string of the molecule is CCN(c1cc(C(=O)O)c(C)c2c1cnn2C)C1CCOCC1. The highest BCUT2D eigenvalue weighted by atomic mass is 16.5. The molecule has 1 saturated heterocycles. The van der Waals surface area contributed by atoms with E-state index in [1.54, 1.807) is 10.7 Å². The maximum atomic E-state index is 11.7. The molecule has 6 nitrogen and oxygen atoms in total. The minimum atomic E-state index is -0.894. The molecule has 1 fully saturated rings. The molecule has 2 heterocycles. The summed E-state index contributed by atoms with van der Waals surface area (Å²) in [6, 6.07) is 2.18. The minimum absolute atomic E-state index is 0.349. The molecule has 1 aliphatic rings. The van der Waals surface area contributed by atoms with Crippen molar-refractivity contribution in [1.29, 1.82) is 0 Å². The molecule has 0 saturated carbocycles. The molecule has 23 heavy (non-hydrogen) atoms. The number of rotatable bonds is 4. The van der Waals surface area contributed by atoms with E-state index in [-0.39, 0.29) is 0 Å². The monoisotopic (exact) mass is 317 g/mol. The first-order chi connectivity index (χ1) is 11.0. The van der Waals surface area contributed by atoms with Crippen molar-refractivity contribution in [2.45, 2.75) is 32.7 Å². The molecule has 1 aromatic carbocycles. The molecule has 1 aromatic heterocycles. The molecule has 0 atom stereocenters. The first-order valence-corrected chi connectivity index (χ1v) is 8.07. The van der Waals surface area contributed by atoms with Gasteiger partial charge in [-0.05, 0) is 38.3 Å². The van der Waals surface area contributed by atoms with E-state index in [9.17, 15) is 9.90 Å². The van der Waals surface area contributed by atoms with Crippen LogP contribution in [0.4, 0.5) is 5.69 Å².